The molecule has 0 radical (unpaired) electrons. The number of aliphatic imine (C=N–C) groups is 1. The van der Waals surface area contributed by atoms with E-state index in [0.717, 1.165) is 11.5 Å². The molecule has 1 unspecified atom stereocenters. The fraction of sp³-hybridized carbons (Fsp3) is 0.545. The minimum Gasteiger partial charge on any atom is -0.383 e. The minimum absolute atomic E-state index is 0. The number of halogens is 1. The van der Waals surface area contributed by atoms with Gasteiger partial charge in [-0.2, -0.15) is 0 Å². The number of methoxy groups -OCH3 is 1. The molecule has 1 heterocycles. The zero-order chi connectivity index (χ0) is 12.7. The summed E-state index contributed by atoms with van der Waals surface area (Å²) in [6.45, 7) is 4.85. The molecule has 0 aromatic carbocycles. The molecule has 1 atom stereocenters. The molecule has 0 saturated heterocycles. The molecule has 3 N–H and O–H groups in total. The highest BCUT2D eigenvalue weighted by molar-refractivity contribution is 14.0. The first-order chi connectivity index (χ1) is 8.11. The smallest absolute Gasteiger partial charge is 0.189 e. The number of guanidine groups is 1. The predicted octanol–water partition coefficient (Wildman–Crippen LogP) is 0.842. The molecule has 0 bridgehead atoms. The fourth-order valence-corrected chi connectivity index (χ4v) is 1.35. The van der Waals surface area contributed by atoms with Crippen molar-refractivity contribution in [2.75, 3.05) is 13.7 Å². The molecule has 0 aliphatic heterocycles. The van der Waals surface area contributed by atoms with Crippen LogP contribution in [-0.4, -0.2) is 35.7 Å². The average Bonchev–Trinajstić information content (AvgIpc) is 2.27. The van der Waals surface area contributed by atoms with Crippen LogP contribution in [0.1, 0.15) is 18.4 Å². The zero-order valence-electron chi connectivity index (χ0n) is 10.9. The highest BCUT2D eigenvalue weighted by atomic mass is 127. The van der Waals surface area contributed by atoms with Gasteiger partial charge in [0, 0.05) is 19.3 Å². The van der Waals surface area contributed by atoms with Crippen molar-refractivity contribution >= 4 is 29.9 Å². The third kappa shape index (κ3) is 6.70. The van der Waals surface area contributed by atoms with E-state index in [1.165, 1.54) is 0 Å². The molecule has 0 aliphatic carbocycles. The van der Waals surface area contributed by atoms with Gasteiger partial charge in [0.05, 0.1) is 18.8 Å². The van der Waals surface area contributed by atoms with Gasteiger partial charge in [0.2, 0.25) is 0 Å². The molecule has 1 aromatic rings. The Morgan fingerprint density at radius 3 is 2.94 bits per heavy atom. The van der Waals surface area contributed by atoms with Crippen LogP contribution in [0.2, 0.25) is 0 Å². The van der Waals surface area contributed by atoms with Gasteiger partial charge in [-0.3, -0.25) is 0 Å². The molecule has 6 nitrogen and oxygen atoms in total. The van der Waals surface area contributed by atoms with E-state index < -0.39 is 0 Å². The number of nitrogens with zero attached hydrogens (tertiary/aromatic N) is 3. The Morgan fingerprint density at radius 2 is 2.33 bits per heavy atom. The molecule has 18 heavy (non-hydrogen) atoms. The normalized spacial score (nSPS) is 12.7. The lowest BCUT2D eigenvalue weighted by atomic mass is 10.4. The number of aromatic nitrogens is 2. The van der Waals surface area contributed by atoms with Crippen LogP contribution in [0, 0.1) is 6.92 Å². The summed E-state index contributed by atoms with van der Waals surface area (Å²) in [7, 11) is 1.65. The van der Waals surface area contributed by atoms with E-state index in [0.29, 0.717) is 19.1 Å². The number of hydrogen-bond donors (Lipinski definition) is 2. The van der Waals surface area contributed by atoms with Crippen molar-refractivity contribution in [3.05, 3.63) is 23.8 Å². The molecule has 0 saturated carbocycles. The van der Waals surface area contributed by atoms with Gasteiger partial charge in [-0.15, -0.1) is 24.0 Å². The summed E-state index contributed by atoms with van der Waals surface area (Å²) >= 11 is 0. The van der Waals surface area contributed by atoms with Gasteiger partial charge < -0.3 is 15.8 Å². The Hall–Kier alpha value is -0.960. The van der Waals surface area contributed by atoms with Gasteiger partial charge >= 0.3 is 0 Å². The SMILES string of the molecule is COCC(C)NC(N)=NCc1ccnc(C)n1.I. The summed E-state index contributed by atoms with van der Waals surface area (Å²) in [4.78, 5) is 12.4. The molecule has 0 fully saturated rings. The van der Waals surface area contributed by atoms with Crippen LogP contribution in [0.25, 0.3) is 0 Å². The van der Waals surface area contributed by atoms with Crippen LogP contribution in [-0.2, 0) is 11.3 Å². The van der Waals surface area contributed by atoms with E-state index >= 15 is 0 Å². The number of hydrogen-bond acceptors (Lipinski definition) is 4. The summed E-state index contributed by atoms with van der Waals surface area (Å²) < 4.78 is 4.99. The second kappa shape index (κ2) is 9.03. The van der Waals surface area contributed by atoms with Crippen molar-refractivity contribution < 1.29 is 4.74 Å². The maximum Gasteiger partial charge on any atom is 0.189 e. The van der Waals surface area contributed by atoms with Crippen LogP contribution >= 0.6 is 24.0 Å². The van der Waals surface area contributed by atoms with Crippen LogP contribution in [0.3, 0.4) is 0 Å². The molecule has 0 aliphatic rings. The first-order valence-electron chi connectivity index (χ1n) is 5.45. The van der Waals surface area contributed by atoms with E-state index in [1.807, 2.05) is 19.9 Å². The summed E-state index contributed by atoms with van der Waals surface area (Å²) in [6, 6.07) is 1.96. The standard InChI is InChI=1S/C11H19N5O.HI/c1-8(7-17-3)15-11(12)14-6-10-4-5-13-9(2)16-10;/h4-5,8H,6-7H2,1-3H3,(H3,12,14,15);1H. The second-order valence-electron chi connectivity index (χ2n) is 3.80. The quantitative estimate of drug-likeness (QED) is 0.459. The largest absolute Gasteiger partial charge is 0.383 e. The Labute approximate surface area is 124 Å². The third-order valence-corrected chi connectivity index (χ3v) is 2.06. The highest BCUT2D eigenvalue weighted by Crippen LogP contribution is 1.96. The van der Waals surface area contributed by atoms with Crippen molar-refractivity contribution in [2.45, 2.75) is 26.4 Å². The number of aryl methyl sites for hydroxylation is 1. The van der Waals surface area contributed by atoms with Crippen LogP contribution < -0.4 is 11.1 Å². The van der Waals surface area contributed by atoms with E-state index in [1.54, 1.807) is 13.3 Å². The van der Waals surface area contributed by atoms with Gasteiger partial charge in [-0.05, 0) is 19.9 Å². The minimum atomic E-state index is 0. The Kier molecular flexibility index (Phi) is 8.55. The fourth-order valence-electron chi connectivity index (χ4n) is 1.35. The van der Waals surface area contributed by atoms with Gasteiger partial charge in [0.15, 0.2) is 5.96 Å². The Morgan fingerprint density at radius 1 is 1.61 bits per heavy atom. The summed E-state index contributed by atoms with van der Waals surface area (Å²) in [5.74, 6) is 1.13. The van der Waals surface area contributed by atoms with E-state index in [9.17, 15) is 0 Å². The van der Waals surface area contributed by atoms with E-state index in [-0.39, 0.29) is 30.0 Å². The molecule has 7 heteroatoms. The van der Waals surface area contributed by atoms with E-state index in [4.69, 9.17) is 10.5 Å². The van der Waals surface area contributed by atoms with Gasteiger partial charge in [0.25, 0.3) is 0 Å². The lowest BCUT2D eigenvalue weighted by Gasteiger charge is -2.12. The second-order valence-corrected chi connectivity index (χ2v) is 3.80. The maximum atomic E-state index is 5.73. The van der Waals surface area contributed by atoms with Gasteiger partial charge in [-0.25, -0.2) is 15.0 Å². The van der Waals surface area contributed by atoms with Crippen LogP contribution in [0.5, 0.6) is 0 Å². The first kappa shape index (κ1) is 17.0. The molecule has 0 spiro atoms. The molecule has 1 aromatic heterocycles. The highest BCUT2D eigenvalue weighted by Gasteiger charge is 2.01. The first-order valence-corrected chi connectivity index (χ1v) is 5.45. The summed E-state index contributed by atoms with van der Waals surface area (Å²) in [5.41, 5.74) is 6.58. The van der Waals surface area contributed by atoms with Crippen molar-refractivity contribution in [3.63, 3.8) is 0 Å². The molecule has 0 amide bonds. The van der Waals surface area contributed by atoms with Crippen LogP contribution in [0.4, 0.5) is 0 Å². The topological polar surface area (TPSA) is 85.4 Å². The average molecular weight is 365 g/mol. The molecule has 102 valence electrons. The molecule has 1 rings (SSSR count). The molecular weight excluding hydrogens is 345 g/mol. The van der Waals surface area contributed by atoms with Gasteiger partial charge in [0.1, 0.15) is 5.82 Å². The number of nitrogens with two attached hydrogens (primary N) is 1. The maximum absolute atomic E-state index is 5.73. The lowest BCUT2D eigenvalue weighted by Crippen LogP contribution is -2.40. The lowest BCUT2D eigenvalue weighted by molar-refractivity contribution is 0.179. The third-order valence-electron chi connectivity index (χ3n) is 2.06. The van der Waals surface area contributed by atoms with Crippen molar-refractivity contribution in [1.29, 1.82) is 0 Å². The predicted molar refractivity (Wildman–Crippen MR) is 82.0 cm³/mol. The summed E-state index contributed by atoms with van der Waals surface area (Å²) in [6.07, 6.45) is 1.71. The number of nitrogens with one attached hydrogen (secondary N) is 1. The zero-order valence-corrected chi connectivity index (χ0v) is 13.2. The number of ether oxygens (including phenoxy) is 1. The summed E-state index contributed by atoms with van der Waals surface area (Å²) in [5, 5.41) is 3.02. The van der Waals surface area contributed by atoms with Crippen LogP contribution in [0.15, 0.2) is 17.3 Å². The number of rotatable bonds is 5. The van der Waals surface area contributed by atoms with Gasteiger partial charge in [-0.1, -0.05) is 0 Å². The van der Waals surface area contributed by atoms with Crippen molar-refractivity contribution in [2.24, 2.45) is 10.7 Å². The Bertz CT molecular complexity index is 385. The molecular formula is C11H20IN5O. The van der Waals surface area contributed by atoms with Crippen molar-refractivity contribution in [3.8, 4) is 0 Å². The van der Waals surface area contributed by atoms with Crippen molar-refractivity contribution in [1.82, 2.24) is 15.3 Å². The Balaban J connectivity index is 0.00000289. The van der Waals surface area contributed by atoms with E-state index in [2.05, 4.69) is 20.3 Å². The monoisotopic (exact) mass is 365 g/mol.